The standard InChI is InChI=1S/C10H24Si/c1-4-7-10(11,8-5-2)9-6-3/h4-9H2,1-3,11H3. The lowest BCUT2D eigenvalue weighted by atomic mass is 9.92. The average Bonchev–Trinajstić information content (AvgIpc) is 1.88. The quantitative estimate of drug-likeness (QED) is 0.540. The van der Waals surface area contributed by atoms with E-state index in [1.54, 1.807) is 0 Å². The van der Waals surface area contributed by atoms with Crippen LogP contribution in [0.3, 0.4) is 0 Å². The lowest BCUT2D eigenvalue weighted by molar-refractivity contribution is 0.431. The molecule has 11 heavy (non-hydrogen) atoms. The second-order valence-electron chi connectivity index (χ2n) is 4.06. The summed E-state index contributed by atoms with van der Waals surface area (Å²) < 4.78 is 0. The first-order valence-corrected chi connectivity index (χ1v) is 6.18. The molecule has 0 amide bonds. The Morgan fingerprint density at radius 3 is 1.27 bits per heavy atom. The molecule has 0 saturated heterocycles. The third-order valence-corrected chi connectivity index (χ3v) is 4.06. The minimum absolute atomic E-state index is 0.790. The molecule has 0 aromatic rings. The molecule has 0 spiro atoms. The van der Waals surface area contributed by atoms with Crippen molar-refractivity contribution in [3.8, 4) is 0 Å². The first kappa shape index (κ1) is 11.2. The molecule has 0 aliphatic heterocycles. The van der Waals surface area contributed by atoms with Gasteiger partial charge in [0.2, 0.25) is 0 Å². The predicted molar refractivity (Wildman–Crippen MR) is 57.4 cm³/mol. The molecule has 0 unspecified atom stereocenters. The fourth-order valence-corrected chi connectivity index (χ4v) is 3.69. The van der Waals surface area contributed by atoms with Gasteiger partial charge in [0.05, 0.1) is 0 Å². The molecule has 1 heteroatoms. The second kappa shape index (κ2) is 5.82. The fourth-order valence-electron chi connectivity index (χ4n) is 2.19. The Hall–Kier alpha value is 0.217. The smallest absolute Gasteiger partial charge is 0.0106 e. The minimum Gasteiger partial charge on any atom is -0.0654 e. The summed E-state index contributed by atoms with van der Waals surface area (Å²) in [6, 6.07) is 0. The minimum atomic E-state index is 0.790. The summed E-state index contributed by atoms with van der Waals surface area (Å²) in [4.78, 5) is 0. The average molecular weight is 172 g/mol. The van der Waals surface area contributed by atoms with Crippen molar-refractivity contribution in [2.45, 2.75) is 64.3 Å². The van der Waals surface area contributed by atoms with Crippen molar-refractivity contribution >= 4 is 10.2 Å². The van der Waals surface area contributed by atoms with Crippen LogP contribution in [0.4, 0.5) is 0 Å². The van der Waals surface area contributed by atoms with Gasteiger partial charge in [0.15, 0.2) is 0 Å². The second-order valence-corrected chi connectivity index (χ2v) is 6.18. The van der Waals surface area contributed by atoms with E-state index in [0.717, 1.165) is 5.04 Å². The van der Waals surface area contributed by atoms with E-state index in [9.17, 15) is 0 Å². The van der Waals surface area contributed by atoms with Crippen LogP contribution in [0, 0.1) is 0 Å². The van der Waals surface area contributed by atoms with Crippen LogP contribution < -0.4 is 0 Å². The van der Waals surface area contributed by atoms with Crippen LogP contribution in [0.1, 0.15) is 59.3 Å². The van der Waals surface area contributed by atoms with E-state index in [4.69, 9.17) is 0 Å². The number of hydrogen-bond acceptors (Lipinski definition) is 0. The summed E-state index contributed by atoms with van der Waals surface area (Å²) in [5.74, 6) is 0. The summed E-state index contributed by atoms with van der Waals surface area (Å²) in [5, 5.41) is 0.790. The number of hydrogen-bond donors (Lipinski definition) is 0. The van der Waals surface area contributed by atoms with Crippen molar-refractivity contribution in [1.82, 2.24) is 0 Å². The largest absolute Gasteiger partial charge is 0.0654 e. The van der Waals surface area contributed by atoms with E-state index < -0.39 is 0 Å². The van der Waals surface area contributed by atoms with Crippen LogP contribution >= 0.6 is 0 Å². The lowest BCUT2D eigenvalue weighted by Gasteiger charge is -2.28. The fraction of sp³-hybridized carbons (Fsp3) is 1.00. The van der Waals surface area contributed by atoms with E-state index in [1.807, 2.05) is 0 Å². The van der Waals surface area contributed by atoms with Crippen LogP contribution in [-0.2, 0) is 0 Å². The Morgan fingerprint density at radius 1 is 0.818 bits per heavy atom. The summed E-state index contributed by atoms with van der Waals surface area (Å²) in [6.45, 7) is 6.95. The van der Waals surface area contributed by atoms with Crippen LogP contribution in [0.15, 0.2) is 0 Å². The summed E-state index contributed by atoms with van der Waals surface area (Å²) in [7, 11) is 1.40. The van der Waals surface area contributed by atoms with Gasteiger partial charge in [-0.05, 0) is 5.04 Å². The highest BCUT2D eigenvalue weighted by atomic mass is 28.1. The molecule has 0 saturated carbocycles. The molecule has 0 fully saturated rings. The Bertz CT molecular complexity index is 71.9. The molecule has 68 valence electrons. The molecule has 0 aliphatic carbocycles. The first-order chi connectivity index (χ1) is 5.18. The van der Waals surface area contributed by atoms with Gasteiger partial charge in [-0.2, -0.15) is 0 Å². The van der Waals surface area contributed by atoms with Gasteiger partial charge < -0.3 is 0 Å². The van der Waals surface area contributed by atoms with Crippen molar-refractivity contribution in [2.24, 2.45) is 0 Å². The van der Waals surface area contributed by atoms with Gasteiger partial charge in [-0.15, -0.1) is 0 Å². The molecule has 0 heterocycles. The summed E-state index contributed by atoms with van der Waals surface area (Å²) >= 11 is 0. The molecule has 0 N–H and O–H groups in total. The maximum Gasteiger partial charge on any atom is 0.0106 e. The van der Waals surface area contributed by atoms with E-state index in [1.165, 1.54) is 48.8 Å². The van der Waals surface area contributed by atoms with E-state index >= 15 is 0 Å². The van der Waals surface area contributed by atoms with Crippen molar-refractivity contribution in [2.75, 3.05) is 0 Å². The normalized spacial score (nSPS) is 12.3. The Balaban J connectivity index is 3.79. The third kappa shape index (κ3) is 4.62. The van der Waals surface area contributed by atoms with Crippen molar-refractivity contribution < 1.29 is 0 Å². The first-order valence-electron chi connectivity index (χ1n) is 5.18. The molecule has 0 aromatic carbocycles. The van der Waals surface area contributed by atoms with Gasteiger partial charge in [0.25, 0.3) is 0 Å². The van der Waals surface area contributed by atoms with Crippen LogP contribution in [0.5, 0.6) is 0 Å². The SMILES string of the molecule is CCCC([SiH3])(CCC)CCC. The molecule has 0 nitrogen and oxygen atoms in total. The molecule has 0 radical (unpaired) electrons. The highest BCUT2D eigenvalue weighted by Gasteiger charge is 2.20. The van der Waals surface area contributed by atoms with E-state index in [0.29, 0.717) is 0 Å². The highest BCUT2D eigenvalue weighted by molar-refractivity contribution is 6.15. The molecule has 0 bridgehead atoms. The summed E-state index contributed by atoms with van der Waals surface area (Å²) in [6.07, 6.45) is 8.55. The summed E-state index contributed by atoms with van der Waals surface area (Å²) in [5.41, 5.74) is 0. The topological polar surface area (TPSA) is 0 Å². The van der Waals surface area contributed by atoms with Gasteiger partial charge in [-0.1, -0.05) is 59.3 Å². The lowest BCUT2D eigenvalue weighted by Crippen LogP contribution is -2.11. The van der Waals surface area contributed by atoms with Crippen LogP contribution in [-0.4, -0.2) is 10.2 Å². The molecule has 0 rings (SSSR count). The molecule has 0 atom stereocenters. The highest BCUT2D eigenvalue weighted by Crippen LogP contribution is 2.38. The van der Waals surface area contributed by atoms with Crippen molar-refractivity contribution in [3.63, 3.8) is 0 Å². The van der Waals surface area contributed by atoms with Crippen molar-refractivity contribution in [1.29, 1.82) is 0 Å². The van der Waals surface area contributed by atoms with Gasteiger partial charge >= 0.3 is 0 Å². The maximum atomic E-state index is 2.32. The Morgan fingerprint density at radius 2 is 1.09 bits per heavy atom. The molecular weight excluding hydrogens is 148 g/mol. The zero-order valence-electron chi connectivity index (χ0n) is 8.74. The van der Waals surface area contributed by atoms with Gasteiger partial charge in [0.1, 0.15) is 0 Å². The van der Waals surface area contributed by atoms with Crippen molar-refractivity contribution in [3.05, 3.63) is 0 Å². The number of rotatable bonds is 6. The third-order valence-electron chi connectivity index (χ3n) is 2.56. The zero-order chi connectivity index (χ0) is 8.74. The molecule has 0 aliphatic rings. The predicted octanol–water partition coefficient (Wildman–Crippen LogP) is 2.91. The van der Waals surface area contributed by atoms with E-state index in [-0.39, 0.29) is 0 Å². The van der Waals surface area contributed by atoms with Gasteiger partial charge in [-0.3, -0.25) is 0 Å². The van der Waals surface area contributed by atoms with E-state index in [2.05, 4.69) is 20.8 Å². The van der Waals surface area contributed by atoms with Gasteiger partial charge in [0, 0.05) is 10.2 Å². The Labute approximate surface area is 75.2 Å². The van der Waals surface area contributed by atoms with Crippen LogP contribution in [0.25, 0.3) is 0 Å². The van der Waals surface area contributed by atoms with Gasteiger partial charge in [-0.25, -0.2) is 0 Å². The monoisotopic (exact) mass is 172 g/mol. The molecular formula is C10H24Si. The van der Waals surface area contributed by atoms with Crippen LogP contribution in [0.2, 0.25) is 5.04 Å². The Kier molecular flexibility index (Phi) is 5.93. The molecule has 0 aromatic heterocycles. The zero-order valence-corrected chi connectivity index (χ0v) is 10.7. The maximum absolute atomic E-state index is 2.32.